The first-order valence-electron chi connectivity index (χ1n) is 6.91. The van der Waals surface area contributed by atoms with Crippen LogP contribution in [-0.2, 0) is 4.79 Å². The van der Waals surface area contributed by atoms with Gasteiger partial charge in [0.2, 0.25) is 5.91 Å². The van der Waals surface area contributed by atoms with E-state index in [2.05, 4.69) is 19.2 Å². The number of hydrogen-bond acceptors (Lipinski definition) is 2. The summed E-state index contributed by atoms with van der Waals surface area (Å²) < 4.78 is 0. The van der Waals surface area contributed by atoms with E-state index in [-0.39, 0.29) is 23.8 Å². The van der Waals surface area contributed by atoms with Crippen molar-refractivity contribution in [3.05, 3.63) is 0 Å². The Labute approximate surface area is 116 Å². The number of amides is 1. The zero-order valence-corrected chi connectivity index (χ0v) is 12.7. The summed E-state index contributed by atoms with van der Waals surface area (Å²) in [5.41, 5.74) is 5.67. The molecule has 0 aromatic carbocycles. The summed E-state index contributed by atoms with van der Waals surface area (Å²) in [5.74, 6) is 1.18. The molecule has 104 valence electrons. The van der Waals surface area contributed by atoms with E-state index in [0.29, 0.717) is 16.8 Å². The van der Waals surface area contributed by atoms with Crippen molar-refractivity contribution in [2.24, 2.45) is 29.4 Å². The van der Waals surface area contributed by atoms with Crippen LogP contribution in [0, 0.1) is 23.7 Å². The Balaban J connectivity index is 2.60. The van der Waals surface area contributed by atoms with Gasteiger partial charge in [0.15, 0.2) is 0 Å². The van der Waals surface area contributed by atoms with Crippen LogP contribution in [0.3, 0.4) is 0 Å². The van der Waals surface area contributed by atoms with Crippen LogP contribution in [0.25, 0.3) is 0 Å². The third kappa shape index (κ3) is 4.23. The third-order valence-electron chi connectivity index (χ3n) is 3.78. The molecule has 0 heterocycles. The minimum atomic E-state index is -0.340. The molecule has 3 unspecified atom stereocenters. The number of hydrogen-bond donors (Lipinski definition) is 2. The van der Waals surface area contributed by atoms with Crippen molar-refractivity contribution >= 4 is 23.1 Å². The molecule has 0 aromatic rings. The first-order valence-corrected chi connectivity index (χ1v) is 7.31. The molecule has 3 atom stereocenters. The number of nitrogens with one attached hydrogen (secondary N) is 1. The van der Waals surface area contributed by atoms with Gasteiger partial charge < -0.3 is 11.1 Å². The van der Waals surface area contributed by atoms with Crippen molar-refractivity contribution in [1.82, 2.24) is 5.32 Å². The molecular weight excluding hydrogens is 244 g/mol. The molecule has 0 bridgehead atoms. The first kappa shape index (κ1) is 15.4. The minimum Gasteiger partial charge on any atom is -0.393 e. The molecule has 3 N–H and O–H groups in total. The van der Waals surface area contributed by atoms with Gasteiger partial charge in [-0.25, -0.2) is 0 Å². The van der Waals surface area contributed by atoms with Crippen molar-refractivity contribution < 1.29 is 4.79 Å². The second kappa shape index (κ2) is 6.50. The highest BCUT2D eigenvalue weighted by atomic mass is 32.1. The van der Waals surface area contributed by atoms with Gasteiger partial charge in [-0.3, -0.25) is 4.79 Å². The van der Waals surface area contributed by atoms with Gasteiger partial charge in [-0.1, -0.05) is 39.9 Å². The molecule has 1 rings (SSSR count). The highest BCUT2D eigenvalue weighted by Crippen LogP contribution is 2.28. The topological polar surface area (TPSA) is 55.1 Å². The summed E-state index contributed by atoms with van der Waals surface area (Å²) in [6.45, 7) is 8.47. The number of nitrogens with two attached hydrogens (primary N) is 1. The lowest BCUT2D eigenvalue weighted by atomic mass is 9.80. The molecule has 4 heteroatoms. The van der Waals surface area contributed by atoms with Crippen LogP contribution in [0.2, 0.25) is 0 Å². The third-order valence-corrected chi connectivity index (χ3v) is 4.03. The van der Waals surface area contributed by atoms with E-state index in [1.165, 1.54) is 6.42 Å². The van der Waals surface area contributed by atoms with Crippen molar-refractivity contribution in [2.75, 3.05) is 0 Å². The number of rotatable bonds is 4. The smallest absolute Gasteiger partial charge is 0.230 e. The van der Waals surface area contributed by atoms with E-state index in [0.717, 1.165) is 12.8 Å². The van der Waals surface area contributed by atoms with Gasteiger partial charge in [0.25, 0.3) is 0 Å². The quantitative estimate of drug-likeness (QED) is 0.772. The maximum absolute atomic E-state index is 12.2. The fourth-order valence-corrected chi connectivity index (χ4v) is 3.50. The Morgan fingerprint density at radius 3 is 2.11 bits per heavy atom. The van der Waals surface area contributed by atoms with Gasteiger partial charge in [0.1, 0.15) is 0 Å². The Hall–Kier alpha value is -0.640. The zero-order chi connectivity index (χ0) is 13.9. The first-order chi connectivity index (χ1) is 8.31. The van der Waals surface area contributed by atoms with Crippen molar-refractivity contribution in [1.29, 1.82) is 0 Å². The van der Waals surface area contributed by atoms with Crippen LogP contribution >= 0.6 is 12.2 Å². The summed E-state index contributed by atoms with van der Waals surface area (Å²) in [4.78, 5) is 12.5. The number of carbonyl (C=O) groups excluding carboxylic acids is 1. The van der Waals surface area contributed by atoms with E-state index < -0.39 is 0 Å². The average Bonchev–Trinajstić information content (AvgIpc) is 2.13. The van der Waals surface area contributed by atoms with Crippen molar-refractivity contribution in [3.8, 4) is 0 Å². The van der Waals surface area contributed by atoms with E-state index in [1.54, 1.807) is 0 Å². The van der Waals surface area contributed by atoms with E-state index in [4.69, 9.17) is 18.0 Å². The van der Waals surface area contributed by atoms with Crippen molar-refractivity contribution in [2.45, 2.75) is 53.0 Å². The second-order valence-corrected chi connectivity index (χ2v) is 6.72. The molecule has 1 aliphatic rings. The Morgan fingerprint density at radius 1 is 1.22 bits per heavy atom. The summed E-state index contributed by atoms with van der Waals surface area (Å²) in [5, 5.41) is 3.14. The van der Waals surface area contributed by atoms with E-state index in [9.17, 15) is 4.79 Å². The highest BCUT2D eigenvalue weighted by Gasteiger charge is 2.30. The van der Waals surface area contributed by atoms with Crippen LogP contribution in [-0.4, -0.2) is 16.9 Å². The maximum Gasteiger partial charge on any atom is 0.230 e. The van der Waals surface area contributed by atoms with Crippen LogP contribution in [0.4, 0.5) is 0 Å². The molecule has 0 aromatic heterocycles. The fourth-order valence-electron chi connectivity index (χ4n) is 3.12. The normalized spacial score (nSPS) is 29.9. The Morgan fingerprint density at radius 2 is 1.72 bits per heavy atom. The largest absolute Gasteiger partial charge is 0.393 e. The van der Waals surface area contributed by atoms with E-state index in [1.807, 2.05) is 13.8 Å². The average molecular weight is 270 g/mol. The lowest BCUT2D eigenvalue weighted by molar-refractivity contribution is -0.125. The maximum atomic E-state index is 12.2. The van der Waals surface area contributed by atoms with E-state index >= 15 is 0 Å². The van der Waals surface area contributed by atoms with Crippen LogP contribution < -0.4 is 11.1 Å². The number of thiocarbonyl (C=S) groups is 1. The Kier molecular flexibility index (Phi) is 5.57. The fraction of sp³-hybridized carbons (Fsp3) is 0.857. The molecule has 0 aliphatic heterocycles. The Bertz CT molecular complexity index is 307. The molecule has 3 nitrogen and oxygen atoms in total. The van der Waals surface area contributed by atoms with Gasteiger partial charge in [-0.15, -0.1) is 0 Å². The predicted octanol–water partition coefficient (Wildman–Crippen LogP) is 2.49. The zero-order valence-electron chi connectivity index (χ0n) is 11.9. The van der Waals surface area contributed by atoms with Crippen molar-refractivity contribution in [3.63, 3.8) is 0 Å². The standard InChI is InChI=1S/C14H26N2OS/c1-8(2)12(13(15)18)14(17)16-11-6-9(3)5-10(4)7-11/h8-12H,5-7H2,1-4H3,(H2,15,18)(H,16,17). The summed E-state index contributed by atoms with van der Waals surface area (Å²) in [6, 6.07) is 0.284. The summed E-state index contributed by atoms with van der Waals surface area (Å²) in [7, 11) is 0. The molecule has 18 heavy (non-hydrogen) atoms. The molecule has 1 fully saturated rings. The van der Waals surface area contributed by atoms with Crippen LogP contribution in [0.15, 0.2) is 0 Å². The van der Waals surface area contributed by atoms with Gasteiger partial charge in [-0.05, 0) is 37.0 Å². The molecule has 1 amide bonds. The van der Waals surface area contributed by atoms with Gasteiger partial charge >= 0.3 is 0 Å². The van der Waals surface area contributed by atoms with Gasteiger partial charge in [0, 0.05) is 6.04 Å². The summed E-state index contributed by atoms with van der Waals surface area (Å²) in [6.07, 6.45) is 3.39. The lowest BCUT2D eigenvalue weighted by Gasteiger charge is -2.33. The predicted molar refractivity (Wildman–Crippen MR) is 79.2 cm³/mol. The van der Waals surface area contributed by atoms with Crippen LogP contribution in [0.5, 0.6) is 0 Å². The second-order valence-electron chi connectivity index (χ2n) is 6.25. The highest BCUT2D eigenvalue weighted by molar-refractivity contribution is 7.80. The summed E-state index contributed by atoms with van der Waals surface area (Å²) >= 11 is 5.00. The monoisotopic (exact) mass is 270 g/mol. The lowest BCUT2D eigenvalue weighted by Crippen LogP contribution is -2.47. The minimum absolute atomic E-state index is 0.00352. The molecule has 1 aliphatic carbocycles. The SMILES string of the molecule is CC1CC(C)CC(NC(=O)C(C(N)=S)C(C)C)C1. The van der Waals surface area contributed by atoms with Gasteiger partial charge in [0.05, 0.1) is 10.9 Å². The molecule has 0 spiro atoms. The molecule has 0 radical (unpaired) electrons. The molecule has 0 saturated heterocycles. The molecular formula is C14H26N2OS. The van der Waals surface area contributed by atoms with Gasteiger partial charge in [-0.2, -0.15) is 0 Å². The molecule has 1 saturated carbocycles. The van der Waals surface area contributed by atoms with Crippen LogP contribution in [0.1, 0.15) is 47.0 Å². The number of carbonyl (C=O) groups is 1.